The lowest BCUT2D eigenvalue weighted by Crippen LogP contribution is -2.67. The third-order valence-corrected chi connectivity index (χ3v) is 5.24. The average Bonchev–Trinajstić information content (AvgIpc) is 2.77. The predicted octanol–water partition coefficient (Wildman–Crippen LogP) is -5.95. The standard InChI is InChI=1S/C12H24N2O9.C6H12N2O2/c13-5-9(19)10(4(2-16)21-11(5)20)23-12-6(14)8(18)7(17)3(1-15)22-12;7-5(9)3-1-2-4-6(8)10/h3-12,15-20H,1-2,13-14H2;1-4H2,(H2,7,9)(H2,8,10)/t3-,4-,5-,6-,7-,8-,9-,10-,11-,12+;/m1./s1. The molecule has 0 aliphatic carbocycles. The smallest absolute Gasteiger partial charge is 0.217 e. The van der Waals surface area contributed by atoms with Gasteiger partial charge in [0.05, 0.1) is 25.3 Å². The van der Waals surface area contributed by atoms with Crippen LogP contribution in [0.5, 0.6) is 0 Å². The fraction of sp³-hybridized carbons (Fsp3) is 0.889. The van der Waals surface area contributed by atoms with Gasteiger partial charge < -0.3 is 67.8 Å². The van der Waals surface area contributed by atoms with Crippen molar-refractivity contribution in [3.05, 3.63) is 0 Å². The van der Waals surface area contributed by atoms with E-state index >= 15 is 0 Å². The highest BCUT2D eigenvalue weighted by molar-refractivity contribution is 5.74. The van der Waals surface area contributed by atoms with E-state index in [1.165, 1.54) is 0 Å². The zero-order chi connectivity index (χ0) is 25.3. The molecule has 15 heteroatoms. The molecule has 15 nitrogen and oxygen atoms in total. The van der Waals surface area contributed by atoms with Gasteiger partial charge >= 0.3 is 0 Å². The highest BCUT2D eigenvalue weighted by atomic mass is 16.7. The van der Waals surface area contributed by atoms with Gasteiger partial charge in [0.2, 0.25) is 11.8 Å². The molecule has 0 bridgehead atoms. The van der Waals surface area contributed by atoms with Crippen molar-refractivity contribution in [2.75, 3.05) is 13.2 Å². The van der Waals surface area contributed by atoms with Gasteiger partial charge in [0.25, 0.3) is 0 Å². The van der Waals surface area contributed by atoms with Crippen LogP contribution in [0.2, 0.25) is 0 Å². The molecule has 0 saturated carbocycles. The molecule has 0 spiro atoms. The van der Waals surface area contributed by atoms with Crippen molar-refractivity contribution < 1.29 is 54.4 Å². The summed E-state index contributed by atoms with van der Waals surface area (Å²) in [5.74, 6) is -0.658. The molecule has 0 radical (unpaired) electrons. The van der Waals surface area contributed by atoms with E-state index in [9.17, 15) is 35.1 Å². The van der Waals surface area contributed by atoms with Crippen molar-refractivity contribution >= 4 is 11.8 Å². The Kier molecular flexibility index (Phi) is 12.6. The number of nitrogens with two attached hydrogens (primary N) is 4. The van der Waals surface area contributed by atoms with E-state index in [1.807, 2.05) is 0 Å². The van der Waals surface area contributed by atoms with Crippen molar-refractivity contribution in [3.63, 3.8) is 0 Å². The molecule has 33 heavy (non-hydrogen) atoms. The number of carbonyl (C=O) groups excluding carboxylic acids is 2. The molecule has 14 N–H and O–H groups in total. The molecule has 0 unspecified atom stereocenters. The predicted molar refractivity (Wildman–Crippen MR) is 109 cm³/mol. The quantitative estimate of drug-likeness (QED) is 0.136. The van der Waals surface area contributed by atoms with Crippen LogP contribution in [0.1, 0.15) is 25.7 Å². The van der Waals surface area contributed by atoms with E-state index in [4.69, 9.17) is 42.3 Å². The molecule has 0 aromatic heterocycles. The highest BCUT2D eigenvalue weighted by Gasteiger charge is 2.49. The molecular formula is C18H36N4O11. The maximum Gasteiger partial charge on any atom is 0.217 e. The molecule has 2 saturated heterocycles. The Morgan fingerprint density at radius 3 is 1.73 bits per heavy atom. The highest BCUT2D eigenvalue weighted by Crippen LogP contribution is 2.27. The van der Waals surface area contributed by atoms with Crippen molar-refractivity contribution in [2.24, 2.45) is 22.9 Å². The molecule has 2 amide bonds. The molecular weight excluding hydrogens is 448 g/mol. The lowest BCUT2D eigenvalue weighted by Gasteiger charge is -2.45. The number of ether oxygens (including phenoxy) is 3. The number of aliphatic hydroxyl groups is 6. The first kappa shape index (κ1) is 29.5. The summed E-state index contributed by atoms with van der Waals surface area (Å²) in [4.78, 5) is 20.3. The summed E-state index contributed by atoms with van der Waals surface area (Å²) in [6.45, 7) is -1.17. The maximum atomic E-state index is 10.2. The molecule has 2 aliphatic rings. The first-order chi connectivity index (χ1) is 15.4. The van der Waals surface area contributed by atoms with E-state index < -0.39 is 74.5 Å². The van der Waals surface area contributed by atoms with Gasteiger partial charge in [0.1, 0.15) is 36.6 Å². The zero-order valence-corrected chi connectivity index (χ0v) is 18.1. The molecule has 2 rings (SSSR count). The Hall–Kier alpha value is -1.50. The van der Waals surface area contributed by atoms with Gasteiger partial charge in [0, 0.05) is 12.8 Å². The van der Waals surface area contributed by atoms with Crippen LogP contribution in [0, 0.1) is 0 Å². The summed E-state index contributed by atoms with van der Waals surface area (Å²) in [5.41, 5.74) is 21.0. The number of hydrogen-bond acceptors (Lipinski definition) is 13. The SMILES string of the molecule is NC(=O)CCCCC(N)=O.N[C@@H]1[C@@H](O)[C@H](O[C@@H]2O[C@H](CO)[C@@H](O)[C@H](O)[C@H]2N)[C@@H](CO)O[C@H]1O. The first-order valence-electron chi connectivity index (χ1n) is 10.4. The van der Waals surface area contributed by atoms with Crippen LogP contribution in [-0.4, -0.2) is 117 Å². The molecule has 0 aromatic rings. The Balaban J connectivity index is 0.000000461. The van der Waals surface area contributed by atoms with Crippen LogP contribution < -0.4 is 22.9 Å². The van der Waals surface area contributed by atoms with Crippen LogP contribution in [-0.2, 0) is 23.8 Å². The second-order valence-electron chi connectivity index (χ2n) is 7.84. The van der Waals surface area contributed by atoms with E-state index in [0.29, 0.717) is 25.7 Å². The van der Waals surface area contributed by atoms with Gasteiger partial charge in [-0.2, -0.15) is 0 Å². The van der Waals surface area contributed by atoms with Crippen LogP contribution in [0.15, 0.2) is 0 Å². The van der Waals surface area contributed by atoms with Gasteiger partial charge in [0.15, 0.2) is 12.6 Å². The average molecular weight is 485 g/mol. The number of unbranched alkanes of at least 4 members (excludes halogenated alkanes) is 1. The largest absolute Gasteiger partial charge is 0.394 e. The number of primary amides is 2. The van der Waals surface area contributed by atoms with Gasteiger partial charge in [-0.25, -0.2) is 0 Å². The second-order valence-corrected chi connectivity index (χ2v) is 7.84. The summed E-state index contributed by atoms with van der Waals surface area (Å²) in [7, 11) is 0. The van der Waals surface area contributed by atoms with E-state index in [-0.39, 0.29) is 11.8 Å². The van der Waals surface area contributed by atoms with Gasteiger partial charge in [-0.1, -0.05) is 0 Å². The third-order valence-electron chi connectivity index (χ3n) is 5.24. The van der Waals surface area contributed by atoms with Gasteiger partial charge in [-0.3, -0.25) is 9.59 Å². The number of amides is 2. The minimum absolute atomic E-state index is 0.329. The minimum atomic E-state index is -1.49. The normalized spacial score (nSPS) is 38.8. The minimum Gasteiger partial charge on any atom is -0.394 e. The lowest BCUT2D eigenvalue weighted by atomic mass is 9.95. The molecule has 2 fully saturated rings. The number of rotatable bonds is 9. The summed E-state index contributed by atoms with van der Waals surface area (Å²) in [6, 6.07) is -2.37. The summed E-state index contributed by atoms with van der Waals surface area (Å²) in [5, 5.41) is 57.7. The fourth-order valence-electron chi connectivity index (χ4n) is 3.25. The van der Waals surface area contributed by atoms with Crippen molar-refractivity contribution in [2.45, 2.75) is 87.0 Å². The topological polar surface area (TPSA) is 287 Å². The maximum absolute atomic E-state index is 10.2. The second kappa shape index (κ2) is 14.0. The zero-order valence-electron chi connectivity index (χ0n) is 18.1. The first-order valence-corrected chi connectivity index (χ1v) is 10.4. The molecule has 2 heterocycles. The molecule has 0 aromatic carbocycles. The van der Waals surface area contributed by atoms with Crippen LogP contribution in [0.3, 0.4) is 0 Å². The van der Waals surface area contributed by atoms with Crippen molar-refractivity contribution in [1.82, 2.24) is 0 Å². The van der Waals surface area contributed by atoms with Gasteiger partial charge in [-0.05, 0) is 12.8 Å². The monoisotopic (exact) mass is 484 g/mol. The summed E-state index contributed by atoms with van der Waals surface area (Å²) < 4.78 is 15.8. The van der Waals surface area contributed by atoms with Crippen LogP contribution >= 0.6 is 0 Å². The molecule has 194 valence electrons. The molecule has 2 aliphatic heterocycles. The number of carbonyl (C=O) groups is 2. The number of hydrogen-bond donors (Lipinski definition) is 10. The fourth-order valence-corrected chi connectivity index (χ4v) is 3.25. The van der Waals surface area contributed by atoms with Gasteiger partial charge in [-0.15, -0.1) is 0 Å². The Labute approximate surface area is 190 Å². The van der Waals surface area contributed by atoms with E-state index in [0.717, 1.165) is 0 Å². The summed E-state index contributed by atoms with van der Waals surface area (Å²) >= 11 is 0. The Morgan fingerprint density at radius 1 is 0.758 bits per heavy atom. The summed E-state index contributed by atoms with van der Waals surface area (Å²) in [6.07, 6.45) is -8.47. The Bertz CT molecular complexity index is 596. The van der Waals surface area contributed by atoms with E-state index in [2.05, 4.69) is 0 Å². The van der Waals surface area contributed by atoms with Crippen LogP contribution in [0.4, 0.5) is 0 Å². The molecule has 10 atom stereocenters. The van der Waals surface area contributed by atoms with Crippen molar-refractivity contribution in [1.29, 1.82) is 0 Å². The lowest BCUT2D eigenvalue weighted by molar-refractivity contribution is -0.324. The Morgan fingerprint density at radius 2 is 1.27 bits per heavy atom. The van der Waals surface area contributed by atoms with E-state index in [1.54, 1.807) is 0 Å². The van der Waals surface area contributed by atoms with Crippen molar-refractivity contribution in [3.8, 4) is 0 Å². The van der Waals surface area contributed by atoms with Crippen LogP contribution in [0.25, 0.3) is 0 Å². The third kappa shape index (κ3) is 8.66. The number of aliphatic hydroxyl groups excluding tert-OH is 6.